The van der Waals surface area contributed by atoms with E-state index in [1.165, 1.54) is 25.7 Å². The summed E-state index contributed by atoms with van der Waals surface area (Å²) in [5.74, 6) is -0.0419. The fraction of sp³-hybridized carbons (Fsp3) is 0.875. The molecule has 5 heteroatoms. The predicted molar refractivity (Wildman–Crippen MR) is 78.7 cm³/mol. The molecule has 1 atom stereocenters. The highest BCUT2D eigenvalue weighted by molar-refractivity contribution is 5.92. The van der Waals surface area contributed by atoms with E-state index < -0.39 is 5.54 Å². The number of ether oxygens (including phenoxy) is 1. The summed E-state index contributed by atoms with van der Waals surface area (Å²) in [7, 11) is 0. The second-order valence-corrected chi connectivity index (χ2v) is 7.34. The molecular weight excluding hydrogens is 268 g/mol. The van der Waals surface area contributed by atoms with Crippen LogP contribution in [-0.2, 0) is 14.3 Å². The number of nitrogens with one attached hydrogen (secondary N) is 1. The van der Waals surface area contributed by atoms with Crippen molar-refractivity contribution in [2.24, 2.45) is 0 Å². The molecule has 2 saturated heterocycles. The van der Waals surface area contributed by atoms with Crippen LogP contribution in [-0.4, -0.2) is 47.0 Å². The Morgan fingerprint density at radius 2 is 1.95 bits per heavy atom. The van der Waals surface area contributed by atoms with Gasteiger partial charge in [-0.1, -0.05) is 12.8 Å². The van der Waals surface area contributed by atoms with Crippen LogP contribution in [0.15, 0.2) is 0 Å². The van der Waals surface area contributed by atoms with Crippen molar-refractivity contribution in [3.8, 4) is 0 Å². The van der Waals surface area contributed by atoms with Gasteiger partial charge in [0.15, 0.2) is 0 Å². The van der Waals surface area contributed by atoms with Crippen molar-refractivity contribution in [3.63, 3.8) is 0 Å². The molecule has 1 spiro atoms. The normalized spacial score (nSPS) is 31.5. The van der Waals surface area contributed by atoms with Crippen molar-refractivity contribution in [3.05, 3.63) is 0 Å². The maximum absolute atomic E-state index is 12.6. The lowest BCUT2D eigenvalue weighted by molar-refractivity contribution is -0.139. The van der Waals surface area contributed by atoms with Crippen LogP contribution in [0.25, 0.3) is 0 Å². The minimum atomic E-state index is -0.808. The molecular formula is C16H26N2O3. The number of hydrogen-bond donors (Lipinski definition) is 1. The number of amides is 2. The monoisotopic (exact) mass is 294 g/mol. The van der Waals surface area contributed by atoms with Crippen LogP contribution in [0.3, 0.4) is 0 Å². The van der Waals surface area contributed by atoms with E-state index in [2.05, 4.69) is 5.32 Å². The molecule has 0 bridgehead atoms. The van der Waals surface area contributed by atoms with Gasteiger partial charge in [0.05, 0.1) is 11.7 Å². The van der Waals surface area contributed by atoms with Crippen molar-refractivity contribution >= 4 is 11.8 Å². The van der Waals surface area contributed by atoms with E-state index in [9.17, 15) is 9.59 Å². The second-order valence-electron chi connectivity index (χ2n) is 7.34. The Kier molecular flexibility index (Phi) is 3.72. The minimum absolute atomic E-state index is 0.00400. The zero-order valence-electron chi connectivity index (χ0n) is 13.1. The number of hydrogen-bond acceptors (Lipinski definition) is 3. The topological polar surface area (TPSA) is 58.6 Å². The molecule has 0 aromatic carbocycles. The first-order valence-corrected chi connectivity index (χ1v) is 8.18. The highest BCUT2D eigenvalue weighted by Gasteiger charge is 2.44. The summed E-state index contributed by atoms with van der Waals surface area (Å²) in [6.07, 6.45) is 7.54. The molecule has 3 rings (SSSR count). The van der Waals surface area contributed by atoms with Crippen molar-refractivity contribution in [1.82, 2.24) is 10.2 Å². The fourth-order valence-electron chi connectivity index (χ4n) is 4.03. The van der Waals surface area contributed by atoms with Gasteiger partial charge in [0.25, 0.3) is 0 Å². The van der Waals surface area contributed by atoms with Gasteiger partial charge in [-0.25, -0.2) is 0 Å². The quantitative estimate of drug-likeness (QED) is 0.841. The number of nitrogens with zero attached hydrogens (tertiary/aromatic N) is 1. The van der Waals surface area contributed by atoms with Crippen LogP contribution in [0.4, 0.5) is 0 Å². The fourth-order valence-corrected chi connectivity index (χ4v) is 4.03. The van der Waals surface area contributed by atoms with E-state index in [1.807, 2.05) is 4.90 Å². The smallest absolute Gasteiger partial charge is 0.247 e. The second kappa shape index (κ2) is 5.27. The molecule has 2 heterocycles. The Labute approximate surface area is 126 Å². The molecule has 118 valence electrons. The molecule has 21 heavy (non-hydrogen) atoms. The lowest BCUT2D eigenvalue weighted by Crippen LogP contribution is -2.54. The molecule has 1 unspecified atom stereocenters. The zero-order valence-corrected chi connectivity index (χ0v) is 13.1. The molecule has 5 nitrogen and oxygen atoms in total. The maximum atomic E-state index is 12.6. The highest BCUT2D eigenvalue weighted by atomic mass is 16.5. The molecule has 3 aliphatic rings. The molecule has 0 radical (unpaired) electrons. The minimum Gasteiger partial charge on any atom is -0.370 e. The van der Waals surface area contributed by atoms with E-state index >= 15 is 0 Å². The molecule has 3 fully saturated rings. The van der Waals surface area contributed by atoms with E-state index in [-0.39, 0.29) is 23.5 Å². The van der Waals surface area contributed by atoms with E-state index in [0.717, 1.165) is 12.8 Å². The Balaban J connectivity index is 1.64. The van der Waals surface area contributed by atoms with Crippen LogP contribution >= 0.6 is 0 Å². The summed E-state index contributed by atoms with van der Waals surface area (Å²) in [6, 6.07) is 0. The van der Waals surface area contributed by atoms with Crippen molar-refractivity contribution in [1.29, 1.82) is 0 Å². The van der Waals surface area contributed by atoms with Crippen LogP contribution in [0.1, 0.15) is 58.8 Å². The summed E-state index contributed by atoms with van der Waals surface area (Å²) >= 11 is 0. The number of carbonyl (C=O) groups is 2. The van der Waals surface area contributed by atoms with Crippen molar-refractivity contribution < 1.29 is 14.3 Å². The summed E-state index contributed by atoms with van der Waals surface area (Å²) in [5.41, 5.74) is -0.708. The SMILES string of the molecule is CC1(C)NC(=O)CCN(CC2CCC3(CCCC3)O2)C1=O. The summed E-state index contributed by atoms with van der Waals surface area (Å²) < 4.78 is 6.30. The molecule has 2 amide bonds. The van der Waals surface area contributed by atoms with Gasteiger partial charge in [-0.15, -0.1) is 0 Å². The van der Waals surface area contributed by atoms with Crippen LogP contribution in [0.2, 0.25) is 0 Å². The third kappa shape index (κ3) is 2.93. The van der Waals surface area contributed by atoms with Crippen molar-refractivity contribution in [2.45, 2.75) is 76.0 Å². The molecule has 2 aliphatic heterocycles. The van der Waals surface area contributed by atoms with Crippen LogP contribution in [0, 0.1) is 0 Å². The lowest BCUT2D eigenvalue weighted by atomic mass is 9.98. The Bertz CT molecular complexity index is 441. The third-order valence-corrected chi connectivity index (χ3v) is 5.16. The van der Waals surface area contributed by atoms with Gasteiger partial charge in [0, 0.05) is 19.5 Å². The molecule has 0 aromatic heterocycles. The average Bonchev–Trinajstić information content (AvgIpc) is 3.01. The van der Waals surface area contributed by atoms with E-state index in [1.54, 1.807) is 13.8 Å². The van der Waals surface area contributed by atoms with Gasteiger partial charge >= 0.3 is 0 Å². The number of rotatable bonds is 2. The summed E-state index contributed by atoms with van der Waals surface area (Å²) in [4.78, 5) is 26.1. The van der Waals surface area contributed by atoms with Crippen LogP contribution in [0.5, 0.6) is 0 Å². The largest absolute Gasteiger partial charge is 0.370 e. The Morgan fingerprint density at radius 1 is 1.24 bits per heavy atom. The first-order chi connectivity index (χ1) is 9.90. The van der Waals surface area contributed by atoms with Crippen LogP contribution < -0.4 is 5.32 Å². The highest BCUT2D eigenvalue weighted by Crippen LogP contribution is 2.43. The van der Waals surface area contributed by atoms with E-state index in [0.29, 0.717) is 19.5 Å². The van der Waals surface area contributed by atoms with Gasteiger partial charge in [0.2, 0.25) is 11.8 Å². The lowest BCUT2D eigenvalue weighted by Gasteiger charge is -2.31. The molecule has 1 aliphatic carbocycles. The van der Waals surface area contributed by atoms with Gasteiger partial charge in [-0.05, 0) is 39.5 Å². The third-order valence-electron chi connectivity index (χ3n) is 5.16. The first kappa shape index (κ1) is 14.8. The summed E-state index contributed by atoms with van der Waals surface area (Å²) in [5, 5.41) is 2.80. The first-order valence-electron chi connectivity index (χ1n) is 8.18. The average molecular weight is 294 g/mol. The molecule has 0 aromatic rings. The standard InChI is InChI=1S/C16H26N2O3/c1-15(2)14(20)18(10-6-13(19)17-15)11-12-5-9-16(21-12)7-3-4-8-16/h12H,3-11H2,1-2H3,(H,17,19). The molecule has 1 N–H and O–H groups in total. The Hall–Kier alpha value is -1.10. The van der Waals surface area contributed by atoms with Gasteiger partial charge < -0.3 is 15.0 Å². The predicted octanol–water partition coefficient (Wildman–Crippen LogP) is 1.61. The van der Waals surface area contributed by atoms with Gasteiger partial charge in [-0.3, -0.25) is 9.59 Å². The van der Waals surface area contributed by atoms with Crippen molar-refractivity contribution in [2.75, 3.05) is 13.1 Å². The van der Waals surface area contributed by atoms with E-state index in [4.69, 9.17) is 4.74 Å². The number of carbonyl (C=O) groups excluding carboxylic acids is 2. The summed E-state index contributed by atoms with van der Waals surface area (Å²) in [6.45, 7) is 4.68. The van der Waals surface area contributed by atoms with Gasteiger partial charge in [-0.2, -0.15) is 0 Å². The molecule has 1 saturated carbocycles. The Morgan fingerprint density at radius 3 is 2.67 bits per heavy atom. The van der Waals surface area contributed by atoms with Gasteiger partial charge in [0.1, 0.15) is 5.54 Å². The maximum Gasteiger partial charge on any atom is 0.247 e. The zero-order chi connectivity index (χ0) is 15.1.